The molecule has 0 saturated heterocycles. The monoisotopic (exact) mass is 271 g/mol. The van der Waals surface area contributed by atoms with Gasteiger partial charge in [0.25, 0.3) is 0 Å². The number of nitrogens with zero attached hydrogens (tertiary/aromatic N) is 1. The first kappa shape index (κ1) is 15.7. The lowest BCUT2D eigenvalue weighted by Gasteiger charge is -2.34. The molecule has 0 aliphatic carbocycles. The number of rotatable bonds is 5. The second-order valence-corrected chi connectivity index (χ2v) is 8.03. The van der Waals surface area contributed by atoms with E-state index >= 15 is 0 Å². The van der Waals surface area contributed by atoms with E-state index in [2.05, 4.69) is 6.92 Å². The summed E-state index contributed by atoms with van der Waals surface area (Å²) in [5, 5.41) is 0. The molecule has 18 heavy (non-hydrogen) atoms. The molecular formula is C14H25NO2S. The lowest BCUT2D eigenvalue weighted by molar-refractivity contribution is -0.113. The fourth-order valence-corrected chi connectivity index (χ4v) is 3.58. The predicted molar refractivity (Wildman–Crippen MR) is 76.7 cm³/mol. The van der Waals surface area contributed by atoms with E-state index in [1.54, 1.807) is 6.92 Å². The molecule has 0 radical (unpaired) electrons. The second kappa shape index (κ2) is 6.22. The van der Waals surface area contributed by atoms with Crippen molar-refractivity contribution < 1.29 is 9.35 Å². The van der Waals surface area contributed by atoms with Crippen molar-refractivity contribution >= 4 is 17.1 Å². The molecule has 0 saturated carbocycles. The van der Waals surface area contributed by atoms with E-state index in [1.807, 2.05) is 31.2 Å². The van der Waals surface area contributed by atoms with Crippen LogP contribution in [0.25, 0.3) is 0 Å². The molecule has 1 aliphatic rings. The summed E-state index contributed by atoms with van der Waals surface area (Å²) >= 11 is -1.05. The maximum atomic E-state index is 12.5. The Labute approximate surface area is 114 Å². The van der Waals surface area contributed by atoms with Crippen LogP contribution in [-0.4, -0.2) is 32.0 Å². The van der Waals surface area contributed by atoms with Gasteiger partial charge < -0.3 is 4.55 Å². The van der Waals surface area contributed by atoms with Gasteiger partial charge in [-0.25, -0.2) is 0 Å². The second-order valence-electron chi connectivity index (χ2n) is 5.83. The zero-order valence-corrected chi connectivity index (χ0v) is 13.0. The first-order chi connectivity index (χ1) is 8.29. The van der Waals surface area contributed by atoms with E-state index in [-0.39, 0.29) is 16.6 Å². The van der Waals surface area contributed by atoms with Gasteiger partial charge in [0.05, 0.1) is 12.6 Å². The summed E-state index contributed by atoms with van der Waals surface area (Å²) in [4.78, 5) is 11.6. The molecule has 104 valence electrons. The van der Waals surface area contributed by atoms with Crippen LogP contribution >= 0.6 is 0 Å². The highest BCUT2D eigenvalue weighted by Crippen LogP contribution is 2.31. The number of hydrogen-bond donors (Lipinski definition) is 0. The number of unbranched alkanes of at least 4 members (excludes halogenated alkanes) is 1. The summed E-state index contributed by atoms with van der Waals surface area (Å²) in [5.41, 5.74) is 0.848. The molecule has 0 amide bonds. The molecule has 0 aromatic carbocycles. The van der Waals surface area contributed by atoms with Crippen molar-refractivity contribution in [3.63, 3.8) is 0 Å². The first-order valence-corrected chi connectivity index (χ1v) is 7.79. The molecule has 1 aliphatic heterocycles. The molecule has 0 aromatic rings. The Bertz CT molecular complexity index is 333. The van der Waals surface area contributed by atoms with E-state index < -0.39 is 11.4 Å². The molecule has 1 heterocycles. The van der Waals surface area contributed by atoms with Crippen LogP contribution in [0.5, 0.6) is 0 Å². The molecule has 0 bridgehead atoms. The third-order valence-corrected chi connectivity index (χ3v) is 5.05. The Balaban J connectivity index is 2.84. The van der Waals surface area contributed by atoms with E-state index in [4.69, 9.17) is 0 Å². The summed E-state index contributed by atoms with van der Waals surface area (Å²) in [5.74, 6) is 0.115. The Morgan fingerprint density at radius 2 is 2.17 bits per heavy atom. The van der Waals surface area contributed by atoms with Gasteiger partial charge in [-0.2, -0.15) is 0 Å². The van der Waals surface area contributed by atoms with Gasteiger partial charge in [-0.1, -0.05) is 25.8 Å². The molecule has 0 aromatic heterocycles. The molecule has 2 atom stereocenters. The highest BCUT2D eigenvalue weighted by molar-refractivity contribution is 7.90. The SMILES string of the molecule is CCCC[C@@H]1C(C(C)=O)=CCN1[S+]([O-])C(C)(C)C. The third kappa shape index (κ3) is 3.59. The molecule has 0 N–H and O–H groups in total. The third-order valence-electron chi connectivity index (χ3n) is 3.17. The number of ketones is 1. The minimum absolute atomic E-state index is 0.0440. The van der Waals surface area contributed by atoms with Crippen molar-refractivity contribution in [1.29, 1.82) is 0 Å². The van der Waals surface area contributed by atoms with Crippen molar-refractivity contribution in [3.05, 3.63) is 11.6 Å². The van der Waals surface area contributed by atoms with Crippen LogP contribution in [-0.2, 0) is 16.2 Å². The zero-order chi connectivity index (χ0) is 13.9. The smallest absolute Gasteiger partial charge is 0.157 e. The minimum Gasteiger partial charge on any atom is -0.597 e. The zero-order valence-electron chi connectivity index (χ0n) is 12.2. The Kier molecular flexibility index (Phi) is 5.44. The summed E-state index contributed by atoms with van der Waals surface area (Å²) in [6, 6.07) is 0.0440. The van der Waals surface area contributed by atoms with Gasteiger partial charge in [0, 0.05) is 16.9 Å². The standard InChI is InChI=1S/C14H25NO2S/c1-6-7-8-13-12(11(2)16)9-10-15(13)18(17)14(3,4)5/h9,13H,6-8,10H2,1-5H3/t13-,18?/m1/s1. The van der Waals surface area contributed by atoms with Gasteiger partial charge in [0.15, 0.2) is 5.78 Å². The van der Waals surface area contributed by atoms with E-state index in [1.165, 1.54) is 0 Å². The van der Waals surface area contributed by atoms with Crippen molar-refractivity contribution in [2.45, 2.75) is 64.7 Å². The average molecular weight is 271 g/mol. The van der Waals surface area contributed by atoms with E-state index in [0.29, 0.717) is 6.54 Å². The van der Waals surface area contributed by atoms with Crippen LogP contribution in [0, 0.1) is 0 Å². The Morgan fingerprint density at radius 3 is 2.61 bits per heavy atom. The molecule has 3 nitrogen and oxygen atoms in total. The van der Waals surface area contributed by atoms with Crippen LogP contribution in [0.4, 0.5) is 0 Å². The predicted octanol–water partition coefficient (Wildman–Crippen LogP) is 2.84. The van der Waals surface area contributed by atoms with Gasteiger partial charge in [-0.05, 0) is 34.1 Å². The Morgan fingerprint density at radius 1 is 1.56 bits per heavy atom. The summed E-state index contributed by atoms with van der Waals surface area (Å²) in [6.07, 6.45) is 5.03. The maximum absolute atomic E-state index is 12.5. The molecule has 0 fully saturated rings. The van der Waals surface area contributed by atoms with Gasteiger partial charge in [-0.3, -0.25) is 4.79 Å². The van der Waals surface area contributed by atoms with Gasteiger partial charge in [0.2, 0.25) is 0 Å². The average Bonchev–Trinajstić information content (AvgIpc) is 2.67. The number of Topliss-reactive ketones (excluding diaryl/α,β-unsaturated/α-hetero) is 1. The Hall–Kier alpha value is -0.320. The van der Waals surface area contributed by atoms with E-state index in [0.717, 1.165) is 24.8 Å². The molecule has 4 heteroatoms. The van der Waals surface area contributed by atoms with Crippen molar-refractivity contribution in [3.8, 4) is 0 Å². The summed E-state index contributed by atoms with van der Waals surface area (Å²) in [7, 11) is 0. The fraction of sp³-hybridized carbons (Fsp3) is 0.786. The highest BCUT2D eigenvalue weighted by Gasteiger charge is 2.42. The van der Waals surface area contributed by atoms with Crippen LogP contribution in [0.3, 0.4) is 0 Å². The van der Waals surface area contributed by atoms with Gasteiger partial charge >= 0.3 is 0 Å². The van der Waals surface area contributed by atoms with Crippen molar-refractivity contribution in [2.24, 2.45) is 0 Å². The van der Waals surface area contributed by atoms with Crippen molar-refractivity contribution in [1.82, 2.24) is 4.31 Å². The fourth-order valence-electron chi connectivity index (χ4n) is 2.22. The summed E-state index contributed by atoms with van der Waals surface area (Å²) in [6.45, 7) is 10.3. The summed E-state index contributed by atoms with van der Waals surface area (Å²) < 4.78 is 14.2. The highest BCUT2D eigenvalue weighted by atomic mass is 32.2. The van der Waals surface area contributed by atoms with Crippen LogP contribution in [0.2, 0.25) is 0 Å². The number of carbonyl (C=O) groups is 1. The normalized spacial score (nSPS) is 23.0. The molecule has 1 rings (SSSR count). The van der Waals surface area contributed by atoms with Crippen LogP contribution in [0.15, 0.2) is 11.6 Å². The number of hydrogen-bond acceptors (Lipinski definition) is 3. The largest absolute Gasteiger partial charge is 0.597 e. The van der Waals surface area contributed by atoms with Crippen LogP contribution in [0.1, 0.15) is 53.9 Å². The number of carbonyl (C=O) groups excluding carboxylic acids is 1. The quantitative estimate of drug-likeness (QED) is 0.722. The molecule has 0 spiro atoms. The minimum atomic E-state index is -1.05. The topological polar surface area (TPSA) is 43.4 Å². The van der Waals surface area contributed by atoms with Gasteiger partial charge in [-0.15, -0.1) is 4.31 Å². The van der Waals surface area contributed by atoms with Gasteiger partial charge in [0.1, 0.15) is 4.75 Å². The molecule has 1 unspecified atom stereocenters. The van der Waals surface area contributed by atoms with Crippen LogP contribution < -0.4 is 0 Å². The molecular weight excluding hydrogens is 246 g/mol. The lowest BCUT2D eigenvalue weighted by Crippen LogP contribution is -2.46. The lowest BCUT2D eigenvalue weighted by atomic mass is 10.0. The maximum Gasteiger partial charge on any atom is 0.157 e. The van der Waals surface area contributed by atoms with E-state index in [9.17, 15) is 9.35 Å². The first-order valence-electron chi connectivity index (χ1n) is 6.68. The van der Waals surface area contributed by atoms with Crippen molar-refractivity contribution in [2.75, 3.05) is 6.54 Å².